The summed E-state index contributed by atoms with van der Waals surface area (Å²) in [6.45, 7) is 3.07. The molecule has 3 aromatic rings. The standard InChI is InChI=1S/C28H34ClFN2O2S/c1-34-23-7-9-28-26(17-23)25(10-12-31-28)27(30)8-6-20-11-14-32(18-21(20)19-33)13-3-15-35-24-5-2-4-22(29)16-24/h2,4-5,7,9-10,12,16-17,20-21,27,33H,3,6,8,11,13-15,18-19H2,1H3/t20-,21-,27-/m1/s1. The van der Waals surface area contributed by atoms with Gasteiger partial charge in [-0.2, -0.15) is 0 Å². The summed E-state index contributed by atoms with van der Waals surface area (Å²) in [5.74, 6) is 2.29. The summed E-state index contributed by atoms with van der Waals surface area (Å²) < 4.78 is 20.7. The SMILES string of the molecule is COc1ccc2nccc([C@H](F)CC[C@@H]3CCN(CCCSc4cccc(Cl)c4)C[C@@H]3CO)c2c1. The number of thioether (sulfide) groups is 1. The van der Waals surface area contributed by atoms with Gasteiger partial charge in [-0.1, -0.05) is 17.7 Å². The minimum Gasteiger partial charge on any atom is -0.497 e. The Kier molecular flexibility index (Phi) is 9.67. The number of aliphatic hydroxyl groups is 1. The molecule has 35 heavy (non-hydrogen) atoms. The van der Waals surface area contributed by atoms with Crippen molar-refractivity contribution in [1.82, 2.24) is 9.88 Å². The number of hydrogen-bond donors (Lipinski definition) is 1. The van der Waals surface area contributed by atoms with E-state index in [1.807, 2.05) is 48.2 Å². The first-order chi connectivity index (χ1) is 17.1. The highest BCUT2D eigenvalue weighted by Gasteiger charge is 2.29. The third-order valence-electron chi connectivity index (χ3n) is 7.00. The highest BCUT2D eigenvalue weighted by Crippen LogP contribution is 2.35. The summed E-state index contributed by atoms with van der Waals surface area (Å²) in [7, 11) is 1.61. The van der Waals surface area contributed by atoms with Crippen molar-refractivity contribution < 1.29 is 14.2 Å². The smallest absolute Gasteiger partial charge is 0.126 e. The molecular weight excluding hydrogens is 483 g/mol. The van der Waals surface area contributed by atoms with Gasteiger partial charge in [0.05, 0.1) is 12.6 Å². The molecule has 2 aromatic carbocycles. The molecule has 188 valence electrons. The maximum Gasteiger partial charge on any atom is 0.126 e. The van der Waals surface area contributed by atoms with Crippen molar-refractivity contribution in [1.29, 1.82) is 0 Å². The molecule has 2 heterocycles. The number of piperidine rings is 1. The Morgan fingerprint density at radius 2 is 2.11 bits per heavy atom. The second kappa shape index (κ2) is 12.9. The van der Waals surface area contributed by atoms with Crippen LogP contribution in [0.4, 0.5) is 4.39 Å². The Balaban J connectivity index is 1.26. The van der Waals surface area contributed by atoms with Crippen LogP contribution in [0.5, 0.6) is 5.75 Å². The molecule has 3 atom stereocenters. The number of alkyl halides is 1. The molecule has 1 N–H and O–H groups in total. The first-order valence-corrected chi connectivity index (χ1v) is 13.7. The zero-order valence-corrected chi connectivity index (χ0v) is 21.8. The van der Waals surface area contributed by atoms with Gasteiger partial charge in [-0.15, -0.1) is 11.8 Å². The summed E-state index contributed by atoms with van der Waals surface area (Å²) in [5, 5.41) is 11.6. The topological polar surface area (TPSA) is 45.6 Å². The van der Waals surface area contributed by atoms with E-state index >= 15 is 4.39 Å². The van der Waals surface area contributed by atoms with Crippen LogP contribution < -0.4 is 4.74 Å². The van der Waals surface area contributed by atoms with Crippen LogP contribution in [-0.4, -0.2) is 54.1 Å². The van der Waals surface area contributed by atoms with Crippen LogP contribution in [0.25, 0.3) is 10.9 Å². The third-order valence-corrected chi connectivity index (χ3v) is 8.32. The van der Waals surface area contributed by atoms with Gasteiger partial charge in [0.15, 0.2) is 0 Å². The zero-order valence-electron chi connectivity index (χ0n) is 20.2. The van der Waals surface area contributed by atoms with Gasteiger partial charge in [0.1, 0.15) is 11.9 Å². The van der Waals surface area contributed by atoms with Crippen LogP contribution in [-0.2, 0) is 0 Å². The Morgan fingerprint density at radius 1 is 1.23 bits per heavy atom. The number of rotatable bonds is 11. The van der Waals surface area contributed by atoms with Crippen molar-refractivity contribution in [2.24, 2.45) is 11.8 Å². The summed E-state index contributed by atoms with van der Waals surface area (Å²) in [5.41, 5.74) is 1.45. The number of fused-ring (bicyclic) bond motifs is 1. The van der Waals surface area contributed by atoms with Gasteiger partial charge in [0, 0.05) is 34.7 Å². The lowest BCUT2D eigenvalue weighted by atomic mass is 9.81. The molecule has 0 unspecified atom stereocenters. The molecule has 1 aliphatic heterocycles. The first-order valence-electron chi connectivity index (χ1n) is 12.4. The molecule has 1 fully saturated rings. The second-order valence-corrected chi connectivity index (χ2v) is 10.9. The van der Waals surface area contributed by atoms with Gasteiger partial charge in [0.25, 0.3) is 0 Å². The molecule has 0 amide bonds. The van der Waals surface area contributed by atoms with Crippen molar-refractivity contribution in [3.63, 3.8) is 0 Å². The minimum absolute atomic E-state index is 0.158. The Labute approximate surface area is 216 Å². The van der Waals surface area contributed by atoms with Crippen molar-refractivity contribution in [2.45, 2.75) is 36.8 Å². The third kappa shape index (κ3) is 7.10. The quantitative estimate of drug-likeness (QED) is 0.224. The van der Waals surface area contributed by atoms with Crippen LogP contribution in [0.3, 0.4) is 0 Å². The Bertz CT molecular complexity index is 1100. The molecule has 1 aliphatic rings. The average molecular weight is 517 g/mol. The predicted octanol–water partition coefficient (Wildman–Crippen LogP) is 6.80. The zero-order chi connectivity index (χ0) is 24.6. The molecule has 7 heteroatoms. The molecule has 0 saturated carbocycles. The predicted molar refractivity (Wildman–Crippen MR) is 143 cm³/mol. The fourth-order valence-electron chi connectivity index (χ4n) is 5.04. The summed E-state index contributed by atoms with van der Waals surface area (Å²) in [6, 6.07) is 15.3. The Hall–Kier alpha value is -1.86. The van der Waals surface area contributed by atoms with Gasteiger partial charge in [-0.3, -0.25) is 4.98 Å². The molecular formula is C28H34ClFN2O2S. The molecule has 4 rings (SSSR count). The fraction of sp³-hybridized carbons (Fsp3) is 0.464. The monoisotopic (exact) mass is 516 g/mol. The van der Waals surface area contributed by atoms with Crippen molar-refractivity contribution in [2.75, 3.05) is 39.1 Å². The van der Waals surface area contributed by atoms with Crippen LogP contribution >= 0.6 is 23.4 Å². The first kappa shape index (κ1) is 26.2. The van der Waals surface area contributed by atoms with Crippen molar-refractivity contribution in [3.05, 3.63) is 65.3 Å². The Morgan fingerprint density at radius 3 is 2.91 bits per heavy atom. The lowest BCUT2D eigenvalue weighted by Gasteiger charge is -2.38. The second-order valence-electron chi connectivity index (χ2n) is 9.28. The lowest BCUT2D eigenvalue weighted by Crippen LogP contribution is -2.42. The van der Waals surface area contributed by atoms with E-state index in [-0.39, 0.29) is 12.5 Å². The van der Waals surface area contributed by atoms with Crippen molar-refractivity contribution in [3.8, 4) is 5.75 Å². The van der Waals surface area contributed by atoms with Crippen LogP contribution in [0.2, 0.25) is 5.02 Å². The molecule has 0 spiro atoms. The van der Waals surface area contributed by atoms with Crippen LogP contribution in [0, 0.1) is 11.8 Å². The van der Waals surface area contributed by atoms with E-state index in [4.69, 9.17) is 16.3 Å². The number of nitrogens with zero attached hydrogens (tertiary/aromatic N) is 2. The molecule has 0 aliphatic carbocycles. The number of benzene rings is 2. The van der Waals surface area contributed by atoms with Gasteiger partial charge < -0.3 is 14.7 Å². The number of aliphatic hydroxyl groups excluding tert-OH is 1. The van der Waals surface area contributed by atoms with E-state index in [0.717, 1.165) is 60.6 Å². The summed E-state index contributed by atoms with van der Waals surface area (Å²) in [4.78, 5) is 8.02. The van der Waals surface area contributed by atoms with E-state index in [1.165, 1.54) is 4.90 Å². The number of pyridine rings is 1. The minimum atomic E-state index is -1.06. The summed E-state index contributed by atoms with van der Waals surface area (Å²) >= 11 is 7.89. The van der Waals surface area contributed by atoms with Crippen molar-refractivity contribution >= 4 is 34.3 Å². The molecule has 0 bridgehead atoms. The fourth-order valence-corrected chi connectivity index (χ4v) is 6.19. The van der Waals surface area contributed by atoms with E-state index in [2.05, 4.69) is 16.0 Å². The highest BCUT2D eigenvalue weighted by atomic mass is 35.5. The molecule has 4 nitrogen and oxygen atoms in total. The van der Waals surface area contributed by atoms with E-state index in [0.29, 0.717) is 23.7 Å². The lowest BCUT2D eigenvalue weighted by molar-refractivity contribution is 0.0640. The van der Waals surface area contributed by atoms with Gasteiger partial charge in [-0.25, -0.2) is 4.39 Å². The van der Waals surface area contributed by atoms with Gasteiger partial charge in [-0.05, 0) is 104 Å². The number of ether oxygens (including phenoxy) is 1. The maximum atomic E-state index is 15.4. The number of methoxy groups -OCH3 is 1. The number of halogens is 2. The number of hydrogen-bond acceptors (Lipinski definition) is 5. The molecule has 0 radical (unpaired) electrons. The van der Waals surface area contributed by atoms with E-state index in [1.54, 1.807) is 19.4 Å². The van der Waals surface area contributed by atoms with Crippen LogP contribution in [0.15, 0.2) is 59.6 Å². The highest BCUT2D eigenvalue weighted by molar-refractivity contribution is 7.99. The average Bonchev–Trinajstić information content (AvgIpc) is 2.89. The van der Waals surface area contributed by atoms with E-state index < -0.39 is 6.17 Å². The number of aromatic nitrogens is 1. The molecule has 1 saturated heterocycles. The van der Waals surface area contributed by atoms with Gasteiger partial charge in [0.2, 0.25) is 0 Å². The number of likely N-dealkylation sites (tertiary alicyclic amines) is 1. The largest absolute Gasteiger partial charge is 0.497 e. The normalized spacial score (nSPS) is 19.7. The van der Waals surface area contributed by atoms with E-state index in [9.17, 15) is 5.11 Å². The molecule has 1 aromatic heterocycles. The summed E-state index contributed by atoms with van der Waals surface area (Å²) in [6.07, 6.45) is 3.94. The van der Waals surface area contributed by atoms with Crippen LogP contribution in [0.1, 0.15) is 37.4 Å². The van der Waals surface area contributed by atoms with Gasteiger partial charge >= 0.3 is 0 Å². The maximum absolute atomic E-state index is 15.4.